The van der Waals surface area contributed by atoms with Crippen LogP contribution in [0.2, 0.25) is 0 Å². The summed E-state index contributed by atoms with van der Waals surface area (Å²) in [7, 11) is 0. The lowest BCUT2D eigenvalue weighted by molar-refractivity contribution is 0.425. The SMILES string of the molecule is CC(C)(C)c1[nH]c(CC=Cc2ccccc2)c(C(C)(C)C)c1O. The Hall–Kier alpha value is -1.96. The van der Waals surface area contributed by atoms with Gasteiger partial charge in [0.15, 0.2) is 0 Å². The fraction of sp³-hybridized carbons (Fsp3) is 0.429. The molecule has 2 aromatic rings. The molecule has 23 heavy (non-hydrogen) atoms. The van der Waals surface area contributed by atoms with Crippen molar-refractivity contribution in [1.82, 2.24) is 4.98 Å². The second-order valence-electron chi connectivity index (χ2n) is 8.22. The number of hydrogen-bond acceptors (Lipinski definition) is 1. The third-order valence-corrected chi connectivity index (χ3v) is 3.98. The minimum Gasteiger partial charge on any atom is -0.506 e. The monoisotopic (exact) mass is 311 g/mol. The molecule has 0 saturated heterocycles. The summed E-state index contributed by atoms with van der Waals surface area (Å²) in [5, 5.41) is 10.7. The first-order valence-electron chi connectivity index (χ1n) is 8.27. The Morgan fingerprint density at radius 1 is 0.957 bits per heavy atom. The fourth-order valence-corrected chi connectivity index (χ4v) is 2.92. The average molecular weight is 311 g/mol. The number of aromatic amines is 1. The number of allylic oxidation sites excluding steroid dienone is 1. The molecule has 0 aliphatic heterocycles. The van der Waals surface area contributed by atoms with Crippen LogP contribution in [-0.2, 0) is 17.3 Å². The van der Waals surface area contributed by atoms with Crippen LogP contribution in [0.5, 0.6) is 5.75 Å². The van der Waals surface area contributed by atoms with E-state index in [2.05, 4.69) is 70.8 Å². The van der Waals surface area contributed by atoms with Crippen molar-refractivity contribution >= 4 is 6.08 Å². The van der Waals surface area contributed by atoms with Gasteiger partial charge < -0.3 is 10.1 Å². The summed E-state index contributed by atoms with van der Waals surface area (Å²) < 4.78 is 0. The lowest BCUT2D eigenvalue weighted by Gasteiger charge is -2.21. The maximum absolute atomic E-state index is 10.7. The first-order chi connectivity index (χ1) is 10.6. The fourth-order valence-electron chi connectivity index (χ4n) is 2.92. The predicted molar refractivity (Wildman–Crippen MR) is 99.0 cm³/mol. The zero-order valence-corrected chi connectivity index (χ0v) is 15.2. The predicted octanol–water partition coefficient (Wildman–Crippen LogP) is 5.57. The van der Waals surface area contributed by atoms with E-state index < -0.39 is 0 Å². The van der Waals surface area contributed by atoms with Gasteiger partial charge in [0.05, 0.1) is 5.69 Å². The van der Waals surface area contributed by atoms with E-state index >= 15 is 0 Å². The summed E-state index contributed by atoms with van der Waals surface area (Å²) in [5.74, 6) is 0.424. The molecule has 0 aliphatic rings. The lowest BCUT2D eigenvalue weighted by atomic mass is 9.83. The molecule has 2 heteroatoms. The summed E-state index contributed by atoms with van der Waals surface area (Å²) in [6, 6.07) is 10.3. The summed E-state index contributed by atoms with van der Waals surface area (Å²) in [6.45, 7) is 12.8. The van der Waals surface area contributed by atoms with Crippen molar-refractivity contribution in [2.45, 2.75) is 58.8 Å². The van der Waals surface area contributed by atoms with Gasteiger partial charge in [0.2, 0.25) is 0 Å². The van der Waals surface area contributed by atoms with Gasteiger partial charge in [0.25, 0.3) is 0 Å². The molecule has 1 heterocycles. The second kappa shape index (κ2) is 6.27. The molecule has 2 rings (SSSR count). The van der Waals surface area contributed by atoms with Crippen LogP contribution >= 0.6 is 0 Å². The smallest absolute Gasteiger partial charge is 0.140 e. The molecule has 1 aromatic heterocycles. The molecule has 0 spiro atoms. The normalized spacial score (nSPS) is 13.0. The number of aromatic nitrogens is 1. The van der Waals surface area contributed by atoms with E-state index in [4.69, 9.17) is 0 Å². The maximum atomic E-state index is 10.7. The number of benzene rings is 1. The molecular formula is C21H29NO. The minimum atomic E-state index is -0.106. The van der Waals surface area contributed by atoms with Gasteiger partial charge in [-0.15, -0.1) is 0 Å². The highest BCUT2D eigenvalue weighted by Crippen LogP contribution is 2.41. The average Bonchev–Trinajstić information content (AvgIpc) is 2.76. The van der Waals surface area contributed by atoms with Gasteiger partial charge >= 0.3 is 0 Å². The first-order valence-corrected chi connectivity index (χ1v) is 8.27. The molecule has 0 bridgehead atoms. The second-order valence-corrected chi connectivity index (χ2v) is 8.22. The lowest BCUT2D eigenvalue weighted by Crippen LogP contribution is -2.13. The van der Waals surface area contributed by atoms with E-state index in [0.29, 0.717) is 5.75 Å². The molecule has 0 atom stereocenters. The highest BCUT2D eigenvalue weighted by Gasteiger charge is 2.30. The molecular weight excluding hydrogens is 282 g/mol. The third-order valence-electron chi connectivity index (χ3n) is 3.98. The van der Waals surface area contributed by atoms with Gasteiger partial charge in [-0.25, -0.2) is 0 Å². The van der Waals surface area contributed by atoms with Gasteiger partial charge in [-0.3, -0.25) is 0 Å². The Balaban J connectivity index is 2.36. The van der Waals surface area contributed by atoms with Crippen molar-refractivity contribution in [2.75, 3.05) is 0 Å². The van der Waals surface area contributed by atoms with Crippen LogP contribution in [0.25, 0.3) is 6.08 Å². The standard InChI is InChI=1S/C21H29NO/c1-20(2,3)17-16(22-19(18(17)23)21(4,5)6)14-10-13-15-11-8-7-9-12-15/h7-13,22-23H,14H2,1-6H3. The van der Waals surface area contributed by atoms with Crippen LogP contribution in [0.15, 0.2) is 36.4 Å². The van der Waals surface area contributed by atoms with Crippen LogP contribution in [0, 0.1) is 0 Å². The molecule has 1 aromatic carbocycles. The number of aromatic hydroxyl groups is 1. The van der Waals surface area contributed by atoms with Crippen molar-refractivity contribution in [3.05, 3.63) is 58.9 Å². The highest BCUT2D eigenvalue weighted by atomic mass is 16.3. The minimum absolute atomic E-state index is 0.0972. The summed E-state index contributed by atoms with van der Waals surface area (Å²) in [5.41, 5.74) is 4.04. The van der Waals surface area contributed by atoms with Crippen LogP contribution in [0.1, 0.15) is 64.1 Å². The van der Waals surface area contributed by atoms with Gasteiger partial charge in [-0.05, 0) is 11.0 Å². The summed E-state index contributed by atoms with van der Waals surface area (Å²) in [6.07, 6.45) is 5.06. The molecule has 0 saturated carbocycles. The first kappa shape index (κ1) is 17.4. The molecule has 0 amide bonds. The van der Waals surface area contributed by atoms with E-state index in [1.54, 1.807) is 0 Å². The largest absolute Gasteiger partial charge is 0.506 e. The highest BCUT2D eigenvalue weighted by molar-refractivity contribution is 5.52. The Labute approximate surface area is 140 Å². The molecule has 0 radical (unpaired) electrons. The number of nitrogens with one attached hydrogen (secondary N) is 1. The van der Waals surface area contributed by atoms with Gasteiger partial charge in [-0.1, -0.05) is 84.0 Å². The van der Waals surface area contributed by atoms with Crippen molar-refractivity contribution in [2.24, 2.45) is 0 Å². The van der Waals surface area contributed by atoms with Crippen LogP contribution < -0.4 is 0 Å². The van der Waals surface area contributed by atoms with Crippen molar-refractivity contribution in [1.29, 1.82) is 0 Å². The van der Waals surface area contributed by atoms with Crippen molar-refractivity contribution in [3.63, 3.8) is 0 Å². The third kappa shape index (κ3) is 4.07. The van der Waals surface area contributed by atoms with E-state index in [9.17, 15) is 5.11 Å². The summed E-state index contributed by atoms with van der Waals surface area (Å²) in [4.78, 5) is 3.48. The Morgan fingerprint density at radius 2 is 1.57 bits per heavy atom. The molecule has 0 aliphatic carbocycles. The zero-order valence-electron chi connectivity index (χ0n) is 15.2. The molecule has 2 N–H and O–H groups in total. The van der Waals surface area contributed by atoms with Crippen LogP contribution in [0.3, 0.4) is 0 Å². The van der Waals surface area contributed by atoms with Crippen molar-refractivity contribution < 1.29 is 5.11 Å². The van der Waals surface area contributed by atoms with Crippen LogP contribution in [-0.4, -0.2) is 10.1 Å². The quantitative estimate of drug-likeness (QED) is 0.763. The molecule has 124 valence electrons. The maximum Gasteiger partial charge on any atom is 0.140 e. The number of rotatable bonds is 3. The Kier molecular flexibility index (Phi) is 4.74. The van der Waals surface area contributed by atoms with Gasteiger partial charge in [0, 0.05) is 23.1 Å². The molecule has 0 fully saturated rings. The summed E-state index contributed by atoms with van der Waals surface area (Å²) >= 11 is 0. The van der Waals surface area contributed by atoms with Gasteiger partial charge in [-0.2, -0.15) is 0 Å². The van der Waals surface area contributed by atoms with E-state index in [0.717, 1.165) is 23.4 Å². The van der Waals surface area contributed by atoms with E-state index in [-0.39, 0.29) is 10.8 Å². The molecule has 2 nitrogen and oxygen atoms in total. The Morgan fingerprint density at radius 3 is 2.09 bits per heavy atom. The topological polar surface area (TPSA) is 36.0 Å². The van der Waals surface area contributed by atoms with Crippen LogP contribution in [0.4, 0.5) is 0 Å². The Bertz CT molecular complexity index is 679. The zero-order chi connectivity index (χ0) is 17.3. The van der Waals surface area contributed by atoms with Gasteiger partial charge in [0.1, 0.15) is 5.75 Å². The number of H-pyrrole nitrogens is 1. The van der Waals surface area contributed by atoms with E-state index in [1.165, 1.54) is 5.56 Å². The van der Waals surface area contributed by atoms with Crippen molar-refractivity contribution in [3.8, 4) is 5.75 Å². The number of hydrogen-bond donors (Lipinski definition) is 2. The molecule has 0 unspecified atom stereocenters. The van der Waals surface area contributed by atoms with E-state index in [1.807, 2.05) is 18.2 Å².